The third-order valence-electron chi connectivity index (χ3n) is 2.42. The van der Waals surface area contributed by atoms with Crippen LogP contribution in [0.3, 0.4) is 0 Å². The first-order chi connectivity index (χ1) is 8.63. The summed E-state index contributed by atoms with van der Waals surface area (Å²) in [4.78, 5) is 12.6. The molecule has 1 unspecified atom stereocenters. The van der Waals surface area contributed by atoms with Crippen molar-refractivity contribution in [2.45, 2.75) is 5.92 Å². The molecule has 0 aliphatic carbocycles. The second kappa shape index (κ2) is 5.07. The summed E-state index contributed by atoms with van der Waals surface area (Å²) in [5.74, 6) is -3.62. The molecule has 2 aromatic rings. The van der Waals surface area contributed by atoms with Gasteiger partial charge in [-0.1, -0.05) is 6.07 Å². The molecule has 0 saturated carbocycles. The molecule has 2 nitrogen and oxygen atoms in total. The summed E-state index contributed by atoms with van der Waals surface area (Å²) >= 11 is 1.27. The Morgan fingerprint density at radius 3 is 2.61 bits per heavy atom. The molecule has 0 aliphatic heterocycles. The lowest BCUT2D eigenvalue weighted by Crippen LogP contribution is -2.10. The van der Waals surface area contributed by atoms with Crippen molar-refractivity contribution in [3.63, 3.8) is 0 Å². The maximum atomic E-state index is 13.0. The molecule has 0 amide bonds. The van der Waals surface area contributed by atoms with Gasteiger partial charge >= 0.3 is 0 Å². The van der Waals surface area contributed by atoms with Crippen LogP contribution >= 0.6 is 11.3 Å². The van der Waals surface area contributed by atoms with Gasteiger partial charge in [0.1, 0.15) is 5.92 Å². The zero-order valence-corrected chi connectivity index (χ0v) is 9.88. The van der Waals surface area contributed by atoms with Crippen molar-refractivity contribution >= 4 is 17.1 Å². The minimum atomic E-state index is -1.09. The SMILES string of the molecule is N#CC(C(=O)c1ccc(F)c(F)c1)c1cccs1. The second-order valence-electron chi connectivity index (χ2n) is 3.57. The number of nitriles is 1. The average Bonchev–Trinajstić information content (AvgIpc) is 2.87. The number of hydrogen-bond donors (Lipinski definition) is 0. The zero-order chi connectivity index (χ0) is 13.1. The molecule has 0 radical (unpaired) electrons. The van der Waals surface area contributed by atoms with Crippen molar-refractivity contribution in [3.05, 3.63) is 57.8 Å². The third-order valence-corrected chi connectivity index (χ3v) is 3.36. The first kappa shape index (κ1) is 12.4. The second-order valence-corrected chi connectivity index (χ2v) is 4.55. The largest absolute Gasteiger partial charge is 0.292 e. The third kappa shape index (κ3) is 2.29. The summed E-state index contributed by atoms with van der Waals surface area (Å²) in [6.07, 6.45) is 0. The van der Waals surface area contributed by atoms with E-state index in [9.17, 15) is 13.6 Å². The van der Waals surface area contributed by atoms with E-state index in [0.29, 0.717) is 4.88 Å². The maximum absolute atomic E-state index is 13.0. The standard InChI is InChI=1S/C13H7F2NOS/c14-10-4-3-8(6-11(10)15)13(17)9(7-16)12-2-1-5-18-12/h1-6,9H. The predicted molar refractivity (Wildman–Crippen MR) is 63.4 cm³/mol. The Balaban J connectivity index is 2.36. The summed E-state index contributed by atoms with van der Waals surface area (Å²) in [5, 5.41) is 10.8. The molecule has 2 rings (SSSR count). The Morgan fingerprint density at radius 2 is 2.06 bits per heavy atom. The lowest BCUT2D eigenvalue weighted by atomic mass is 9.97. The van der Waals surface area contributed by atoms with Gasteiger partial charge in [-0.25, -0.2) is 8.78 Å². The summed E-state index contributed by atoms with van der Waals surface area (Å²) in [5.41, 5.74) is -0.00569. The molecule has 5 heteroatoms. The van der Waals surface area contributed by atoms with E-state index in [4.69, 9.17) is 5.26 Å². The summed E-state index contributed by atoms with van der Waals surface area (Å²) in [6, 6.07) is 8.14. The molecule has 1 atom stereocenters. The fourth-order valence-corrected chi connectivity index (χ4v) is 2.29. The molecular weight excluding hydrogens is 256 g/mol. The fraction of sp³-hybridized carbons (Fsp3) is 0.0769. The lowest BCUT2D eigenvalue weighted by molar-refractivity contribution is 0.0979. The van der Waals surface area contributed by atoms with Gasteiger partial charge in [0.15, 0.2) is 17.4 Å². The Hall–Kier alpha value is -2.06. The first-order valence-corrected chi connectivity index (χ1v) is 5.93. The quantitative estimate of drug-likeness (QED) is 0.795. The topological polar surface area (TPSA) is 40.9 Å². The van der Waals surface area contributed by atoms with E-state index in [1.807, 2.05) is 6.07 Å². The highest BCUT2D eigenvalue weighted by molar-refractivity contribution is 7.10. The molecule has 0 fully saturated rings. The molecule has 0 spiro atoms. The monoisotopic (exact) mass is 263 g/mol. The van der Waals surface area contributed by atoms with Gasteiger partial charge in [-0.2, -0.15) is 5.26 Å². The molecule has 90 valence electrons. The van der Waals surface area contributed by atoms with E-state index in [1.165, 1.54) is 17.4 Å². The van der Waals surface area contributed by atoms with Crippen LogP contribution < -0.4 is 0 Å². The highest BCUT2D eigenvalue weighted by Gasteiger charge is 2.23. The van der Waals surface area contributed by atoms with Gasteiger partial charge in [0.05, 0.1) is 6.07 Å². The van der Waals surface area contributed by atoms with Crippen LogP contribution in [0.4, 0.5) is 8.78 Å². The van der Waals surface area contributed by atoms with Crippen LogP contribution in [0.2, 0.25) is 0 Å². The zero-order valence-electron chi connectivity index (χ0n) is 9.06. The summed E-state index contributed by atoms with van der Waals surface area (Å²) < 4.78 is 25.8. The number of halogens is 2. The molecule has 1 aromatic heterocycles. The number of Topliss-reactive ketones (excluding diaryl/α,β-unsaturated/α-hetero) is 1. The lowest BCUT2D eigenvalue weighted by Gasteiger charge is -2.06. The summed E-state index contributed by atoms with van der Waals surface area (Å²) in [6.45, 7) is 0. The van der Waals surface area contributed by atoms with Gasteiger partial charge in [-0.05, 0) is 29.6 Å². The fourth-order valence-electron chi connectivity index (χ4n) is 1.52. The number of rotatable bonds is 3. The van der Waals surface area contributed by atoms with Crippen molar-refractivity contribution in [2.24, 2.45) is 0 Å². The predicted octanol–water partition coefficient (Wildman–Crippen LogP) is 3.52. The Labute approximate surface area is 106 Å². The van der Waals surface area contributed by atoms with Crippen LogP contribution in [0.1, 0.15) is 21.2 Å². The van der Waals surface area contributed by atoms with Gasteiger partial charge in [0, 0.05) is 10.4 Å². The van der Waals surface area contributed by atoms with E-state index in [0.717, 1.165) is 12.1 Å². The highest BCUT2D eigenvalue weighted by Crippen LogP contribution is 2.25. The number of carbonyl (C=O) groups excluding carboxylic acids is 1. The van der Waals surface area contributed by atoms with E-state index in [2.05, 4.69) is 0 Å². The highest BCUT2D eigenvalue weighted by atomic mass is 32.1. The number of nitrogens with zero attached hydrogens (tertiary/aromatic N) is 1. The maximum Gasteiger partial charge on any atom is 0.185 e. The van der Waals surface area contributed by atoms with Crippen LogP contribution in [-0.2, 0) is 0 Å². The van der Waals surface area contributed by atoms with Crippen LogP contribution in [0, 0.1) is 23.0 Å². The Morgan fingerprint density at radius 1 is 1.28 bits per heavy atom. The van der Waals surface area contributed by atoms with E-state index in [-0.39, 0.29) is 5.56 Å². The smallest absolute Gasteiger partial charge is 0.185 e. The van der Waals surface area contributed by atoms with Gasteiger partial charge in [0.2, 0.25) is 0 Å². The van der Waals surface area contributed by atoms with Gasteiger partial charge in [0.25, 0.3) is 0 Å². The molecule has 0 saturated heterocycles. The van der Waals surface area contributed by atoms with Crippen molar-refractivity contribution in [2.75, 3.05) is 0 Å². The average molecular weight is 263 g/mol. The van der Waals surface area contributed by atoms with Crippen molar-refractivity contribution in [1.82, 2.24) is 0 Å². The minimum absolute atomic E-state index is 0.00569. The first-order valence-electron chi connectivity index (χ1n) is 5.05. The van der Waals surface area contributed by atoms with E-state index >= 15 is 0 Å². The van der Waals surface area contributed by atoms with Crippen molar-refractivity contribution in [3.8, 4) is 6.07 Å². The van der Waals surface area contributed by atoms with Crippen LogP contribution in [0.5, 0.6) is 0 Å². The van der Waals surface area contributed by atoms with E-state index in [1.54, 1.807) is 17.5 Å². The van der Waals surface area contributed by atoms with Gasteiger partial charge in [-0.15, -0.1) is 11.3 Å². The van der Waals surface area contributed by atoms with Crippen molar-refractivity contribution in [1.29, 1.82) is 5.26 Å². The minimum Gasteiger partial charge on any atom is -0.292 e. The van der Waals surface area contributed by atoms with E-state index < -0.39 is 23.3 Å². The molecular formula is C13H7F2NOS. The normalized spacial score (nSPS) is 11.8. The van der Waals surface area contributed by atoms with Crippen molar-refractivity contribution < 1.29 is 13.6 Å². The molecule has 1 aromatic carbocycles. The Bertz CT molecular complexity index is 616. The van der Waals surface area contributed by atoms with Crippen LogP contribution in [0.15, 0.2) is 35.7 Å². The molecule has 1 heterocycles. The van der Waals surface area contributed by atoms with Gasteiger partial charge < -0.3 is 0 Å². The number of carbonyl (C=O) groups is 1. The molecule has 18 heavy (non-hydrogen) atoms. The Kier molecular flexibility index (Phi) is 3.49. The number of thiophene rings is 1. The van der Waals surface area contributed by atoms with Gasteiger partial charge in [-0.3, -0.25) is 4.79 Å². The molecule has 0 N–H and O–H groups in total. The van der Waals surface area contributed by atoms with Crippen LogP contribution in [-0.4, -0.2) is 5.78 Å². The molecule has 0 aliphatic rings. The number of benzene rings is 1. The number of hydrogen-bond acceptors (Lipinski definition) is 3. The summed E-state index contributed by atoms with van der Waals surface area (Å²) in [7, 11) is 0. The van der Waals surface area contributed by atoms with Crippen LogP contribution in [0.25, 0.3) is 0 Å². The number of ketones is 1. The molecule has 0 bridgehead atoms.